The van der Waals surface area contributed by atoms with Crippen molar-refractivity contribution in [2.45, 2.75) is 11.8 Å². The lowest BCUT2D eigenvalue weighted by Gasteiger charge is -2.07. The van der Waals surface area contributed by atoms with Crippen molar-refractivity contribution in [1.82, 2.24) is 9.97 Å². The fraction of sp³-hybridized carbons (Fsp3) is 0.111. The molecule has 2 rings (SSSR count). The summed E-state index contributed by atoms with van der Waals surface area (Å²) in [5.41, 5.74) is 6.31. The van der Waals surface area contributed by atoms with Crippen molar-refractivity contribution in [1.29, 1.82) is 0 Å². The van der Waals surface area contributed by atoms with E-state index in [-0.39, 0.29) is 10.7 Å². The number of thiazole rings is 1. The molecule has 0 saturated carbocycles. The van der Waals surface area contributed by atoms with Crippen molar-refractivity contribution in [2.75, 3.05) is 10.5 Å². The Hall–Kier alpha value is -1.19. The standard InChI is InChI=1S/C9H9BrN4O2S2/c1-5-4-17-9(13-5)14-18(15,16)7-2-6(10)3-12-8(7)11/h2-4H,1H3,(H2,11,12)(H,13,14). The maximum atomic E-state index is 12.1. The van der Waals surface area contributed by atoms with Gasteiger partial charge in [-0.1, -0.05) is 0 Å². The van der Waals surface area contributed by atoms with E-state index in [0.29, 0.717) is 9.60 Å². The molecule has 0 radical (unpaired) electrons. The van der Waals surface area contributed by atoms with Gasteiger partial charge in [-0.2, -0.15) is 0 Å². The first-order chi connectivity index (χ1) is 8.38. The monoisotopic (exact) mass is 348 g/mol. The van der Waals surface area contributed by atoms with Crippen molar-refractivity contribution in [3.8, 4) is 0 Å². The summed E-state index contributed by atoms with van der Waals surface area (Å²) >= 11 is 4.36. The third kappa shape index (κ3) is 2.79. The highest BCUT2D eigenvalue weighted by Gasteiger charge is 2.20. The molecule has 0 aliphatic carbocycles. The van der Waals surface area contributed by atoms with E-state index in [1.165, 1.54) is 23.6 Å². The zero-order valence-corrected chi connectivity index (χ0v) is 12.4. The molecule has 0 saturated heterocycles. The van der Waals surface area contributed by atoms with E-state index in [1.807, 2.05) is 0 Å². The lowest BCUT2D eigenvalue weighted by Crippen LogP contribution is -2.15. The van der Waals surface area contributed by atoms with Gasteiger partial charge in [-0.15, -0.1) is 11.3 Å². The second-order valence-electron chi connectivity index (χ2n) is 3.44. The molecule has 0 aromatic carbocycles. The van der Waals surface area contributed by atoms with Crippen LogP contribution in [0.15, 0.2) is 27.0 Å². The van der Waals surface area contributed by atoms with Crippen LogP contribution in [-0.2, 0) is 10.0 Å². The Morgan fingerprint density at radius 3 is 2.83 bits per heavy atom. The van der Waals surface area contributed by atoms with Crippen LogP contribution in [0.4, 0.5) is 10.9 Å². The molecule has 2 aromatic heterocycles. The first kappa shape index (κ1) is 13.2. The fourth-order valence-electron chi connectivity index (χ4n) is 1.22. The Morgan fingerprint density at radius 2 is 2.22 bits per heavy atom. The first-order valence-electron chi connectivity index (χ1n) is 4.74. The highest BCUT2D eigenvalue weighted by molar-refractivity contribution is 9.10. The fourth-order valence-corrected chi connectivity index (χ4v) is 3.75. The van der Waals surface area contributed by atoms with E-state index in [4.69, 9.17) is 5.73 Å². The van der Waals surface area contributed by atoms with Gasteiger partial charge in [0.1, 0.15) is 10.7 Å². The van der Waals surface area contributed by atoms with Gasteiger partial charge in [-0.05, 0) is 28.9 Å². The molecule has 0 atom stereocenters. The van der Waals surface area contributed by atoms with E-state index < -0.39 is 10.0 Å². The number of nitrogens with zero attached hydrogens (tertiary/aromatic N) is 2. The zero-order chi connectivity index (χ0) is 13.3. The number of anilines is 2. The maximum Gasteiger partial charge on any atom is 0.267 e. The molecular weight excluding hydrogens is 340 g/mol. The Bertz CT molecular complexity index is 684. The Morgan fingerprint density at radius 1 is 1.50 bits per heavy atom. The van der Waals surface area contributed by atoms with Crippen molar-refractivity contribution < 1.29 is 8.42 Å². The van der Waals surface area contributed by atoms with Crippen LogP contribution in [-0.4, -0.2) is 18.4 Å². The number of nitrogen functional groups attached to an aromatic ring is 1. The number of aryl methyl sites for hydroxylation is 1. The average Bonchev–Trinajstić information content (AvgIpc) is 2.66. The number of aromatic nitrogens is 2. The largest absolute Gasteiger partial charge is 0.383 e. The van der Waals surface area contributed by atoms with Crippen molar-refractivity contribution >= 4 is 48.2 Å². The predicted molar refractivity (Wildman–Crippen MR) is 74.0 cm³/mol. The Labute approximate surface area is 116 Å². The molecule has 2 aromatic rings. The molecule has 18 heavy (non-hydrogen) atoms. The van der Waals surface area contributed by atoms with Gasteiger partial charge in [-0.3, -0.25) is 4.72 Å². The van der Waals surface area contributed by atoms with Gasteiger partial charge >= 0.3 is 0 Å². The summed E-state index contributed by atoms with van der Waals surface area (Å²) < 4.78 is 27.1. The van der Waals surface area contributed by atoms with E-state index >= 15 is 0 Å². The molecule has 96 valence electrons. The lowest BCUT2D eigenvalue weighted by molar-refractivity contribution is 0.601. The van der Waals surface area contributed by atoms with E-state index in [0.717, 1.165) is 5.69 Å². The van der Waals surface area contributed by atoms with Gasteiger partial charge in [0, 0.05) is 16.0 Å². The second-order valence-corrected chi connectivity index (χ2v) is 6.86. The summed E-state index contributed by atoms with van der Waals surface area (Å²) in [6.07, 6.45) is 1.43. The van der Waals surface area contributed by atoms with Crippen LogP contribution in [0.2, 0.25) is 0 Å². The smallest absolute Gasteiger partial charge is 0.267 e. The molecule has 2 heterocycles. The summed E-state index contributed by atoms with van der Waals surface area (Å²) in [5, 5.41) is 2.05. The van der Waals surface area contributed by atoms with Gasteiger partial charge < -0.3 is 5.73 Å². The minimum atomic E-state index is -3.77. The molecule has 0 aliphatic rings. The van der Waals surface area contributed by atoms with Crippen molar-refractivity contribution in [2.24, 2.45) is 0 Å². The molecule has 0 spiro atoms. The van der Waals surface area contributed by atoms with Gasteiger partial charge in [0.2, 0.25) is 0 Å². The first-order valence-corrected chi connectivity index (χ1v) is 7.90. The Kier molecular flexibility index (Phi) is 3.55. The number of hydrogen-bond donors (Lipinski definition) is 2. The number of pyridine rings is 1. The number of hydrogen-bond acceptors (Lipinski definition) is 6. The number of nitrogens with two attached hydrogens (primary N) is 1. The third-order valence-corrected chi connectivity index (χ3v) is 4.79. The molecular formula is C9H9BrN4O2S2. The van der Waals surface area contributed by atoms with Crippen LogP contribution >= 0.6 is 27.3 Å². The third-order valence-electron chi connectivity index (χ3n) is 1.98. The van der Waals surface area contributed by atoms with E-state index in [1.54, 1.807) is 12.3 Å². The van der Waals surface area contributed by atoms with Crippen molar-refractivity contribution in [3.05, 3.63) is 27.8 Å². The maximum absolute atomic E-state index is 12.1. The van der Waals surface area contributed by atoms with E-state index in [2.05, 4.69) is 30.6 Å². The van der Waals surface area contributed by atoms with Gasteiger partial charge in [0.15, 0.2) is 5.13 Å². The van der Waals surface area contributed by atoms with Crippen molar-refractivity contribution in [3.63, 3.8) is 0 Å². The molecule has 9 heteroatoms. The Balaban J connectivity index is 2.39. The topological polar surface area (TPSA) is 98.0 Å². The summed E-state index contributed by atoms with van der Waals surface area (Å²) in [6.45, 7) is 1.78. The molecule has 0 unspecified atom stereocenters. The van der Waals surface area contributed by atoms with Gasteiger partial charge in [-0.25, -0.2) is 18.4 Å². The van der Waals surface area contributed by atoms with Crippen LogP contribution in [0.5, 0.6) is 0 Å². The van der Waals surface area contributed by atoms with Crippen LogP contribution in [0.25, 0.3) is 0 Å². The van der Waals surface area contributed by atoms with Crippen LogP contribution in [0, 0.1) is 6.92 Å². The summed E-state index contributed by atoms with van der Waals surface area (Å²) in [6, 6.07) is 1.39. The number of rotatable bonds is 3. The normalized spacial score (nSPS) is 11.4. The molecule has 6 nitrogen and oxygen atoms in total. The van der Waals surface area contributed by atoms with Crippen LogP contribution in [0.3, 0.4) is 0 Å². The SMILES string of the molecule is Cc1csc(NS(=O)(=O)c2cc(Br)cnc2N)n1. The van der Waals surface area contributed by atoms with E-state index in [9.17, 15) is 8.42 Å². The minimum Gasteiger partial charge on any atom is -0.383 e. The molecule has 0 amide bonds. The summed E-state index contributed by atoms with van der Waals surface area (Å²) in [4.78, 5) is 7.74. The summed E-state index contributed by atoms with van der Waals surface area (Å²) in [5.74, 6) is -0.0565. The highest BCUT2D eigenvalue weighted by Crippen LogP contribution is 2.24. The predicted octanol–water partition coefficient (Wildman–Crippen LogP) is 1.99. The second kappa shape index (κ2) is 4.82. The number of halogens is 1. The summed E-state index contributed by atoms with van der Waals surface area (Å²) in [7, 11) is -3.77. The molecule has 0 aliphatic heterocycles. The van der Waals surface area contributed by atoms with Crippen LogP contribution in [0.1, 0.15) is 5.69 Å². The van der Waals surface area contributed by atoms with Crippen LogP contribution < -0.4 is 10.5 Å². The zero-order valence-electron chi connectivity index (χ0n) is 9.21. The molecule has 0 bridgehead atoms. The molecule has 3 N–H and O–H groups in total. The lowest BCUT2D eigenvalue weighted by atomic mass is 10.5. The highest BCUT2D eigenvalue weighted by atomic mass is 79.9. The van der Waals surface area contributed by atoms with Gasteiger partial charge in [0.05, 0.1) is 5.69 Å². The van der Waals surface area contributed by atoms with Gasteiger partial charge in [0.25, 0.3) is 10.0 Å². The minimum absolute atomic E-state index is 0.0565. The number of sulfonamides is 1. The number of nitrogens with one attached hydrogen (secondary N) is 1. The molecule has 0 fully saturated rings. The quantitative estimate of drug-likeness (QED) is 0.883. The average molecular weight is 349 g/mol.